The van der Waals surface area contributed by atoms with Crippen molar-refractivity contribution in [3.05, 3.63) is 24.3 Å². The number of unbranched alkanes of at least 4 members (excludes halogenated alkanes) is 1. The van der Waals surface area contributed by atoms with Gasteiger partial charge >= 0.3 is 0 Å². The van der Waals surface area contributed by atoms with E-state index >= 15 is 0 Å². The summed E-state index contributed by atoms with van der Waals surface area (Å²) < 4.78 is 0. The van der Waals surface area contributed by atoms with Crippen LogP contribution in [0.5, 0.6) is 0 Å². The van der Waals surface area contributed by atoms with Gasteiger partial charge < -0.3 is 22.5 Å². The number of carbonyl (C=O) groups excluding carboxylic acids is 1. The molecular formula is C13H20N6O. The molecule has 0 aliphatic rings. The standard InChI is InChI=1S/C13H20N6O/c1-2-3-7-11(20)17-9-5-4-6-10(8-9)18-13(16)19-12(14)15/h4-6,8H,2-3,7H2,1H3,(H,17,20)(H6,14,15,16,18,19). The zero-order chi connectivity index (χ0) is 15.0. The van der Waals surface area contributed by atoms with Crippen LogP contribution in [0.4, 0.5) is 11.4 Å². The number of anilines is 1. The van der Waals surface area contributed by atoms with E-state index in [2.05, 4.69) is 15.3 Å². The highest BCUT2D eigenvalue weighted by Gasteiger charge is 2.02. The van der Waals surface area contributed by atoms with E-state index in [4.69, 9.17) is 17.2 Å². The molecule has 20 heavy (non-hydrogen) atoms. The summed E-state index contributed by atoms with van der Waals surface area (Å²) in [7, 11) is 0. The molecule has 0 unspecified atom stereocenters. The number of carbonyl (C=O) groups is 1. The average Bonchev–Trinajstić information content (AvgIpc) is 2.35. The summed E-state index contributed by atoms with van der Waals surface area (Å²) in [6, 6.07) is 6.96. The third kappa shape index (κ3) is 5.85. The Morgan fingerprint density at radius 2 is 2.05 bits per heavy atom. The van der Waals surface area contributed by atoms with Gasteiger partial charge in [0.2, 0.25) is 11.9 Å². The molecular weight excluding hydrogens is 256 g/mol. The van der Waals surface area contributed by atoms with Gasteiger partial charge in [0, 0.05) is 12.1 Å². The molecule has 1 amide bonds. The minimum absolute atomic E-state index is 0.0230. The number of guanidine groups is 2. The fourth-order valence-corrected chi connectivity index (χ4v) is 1.50. The van der Waals surface area contributed by atoms with E-state index in [1.807, 2.05) is 6.92 Å². The number of nitrogens with one attached hydrogen (secondary N) is 1. The number of hydrogen-bond acceptors (Lipinski definition) is 2. The largest absolute Gasteiger partial charge is 0.370 e. The number of nitrogens with zero attached hydrogens (tertiary/aromatic N) is 2. The van der Waals surface area contributed by atoms with Crippen molar-refractivity contribution in [2.45, 2.75) is 26.2 Å². The van der Waals surface area contributed by atoms with E-state index in [9.17, 15) is 4.79 Å². The van der Waals surface area contributed by atoms with Gasteiger partial charge in [-0.2, -0.15) is 4.99 Å². The quantitative estimate of drug-likeness (QED) is 0.472. The van der Waals surface area contributed by atoms with Gasteiger partial charge in [0.1, 0.15) is 0 Å². The van der Waals surface area contributed by atoms with Gasteiger partial charge in [-0.15, -0.1) is 0 Å². The van der Waals surface area contributed by atoms with Gasteiger partial charge in [-0.25, -0.2) is 4.99 Å². The lowest BCUT2D eigenvalue weighted by molar-refractivity contribution is -0.116. The Kier molecular flexibility index (Phi) is 6.02. The SMILES string of the molecule is CCCCC(=O)Nc1cccc(N=C(N)N=C(N)N)c1. The summed E-state index contributed by atoms with van der Waals surface area (Å²) in [4.78, 5) is 19.3. The number of nitrogens with two attached hydrogens (primary N) is 3. The number of rotatable bonds is 5. The first-order valence-corrected chi connectivity index (χ1v) is 6.35. The van der Waals surface area contributed by atoms with Gasteiger partial charge in [0.25, 0.3) is 0 Å². The fourth-order valence-electron chi connectivity index (χ4n) is 1.50. The molecule has 108 valence electrons. The summed E-state index contributed by atoms with van der Waals surface area (Å²) in [5.74, 6) is -0.222. The van der Waals surface area contributed by atoms with E-state index < -0.39 is 0 Å². The second-order valence-corrected chi connectivity index (χ2v) is 4.21. The van der Waals surface area contributed by atoms with E-state index in [1.54, 1.807) is 24.3 Å². The lowest BCUT2D eigenvalue weighted by Gasteiger charge is -2.05. The van der Waals surface area contributed by atoms with Crippen LogP contribution in [0.1, 0.15) is 26.2 Å². The zero-order valence-corrected chi connectivity index (χ0v) is 11.5. The molecule has 0 saturated heterocycles. The topological polar surface area (TPSA) is 132 Å². The van der Waals surface area contributed by atoms with Crippen molar-refractivity contribution in [1.29, 1.82) is 0 Å². The zero-order valence-electron chi connectivity index (χ0n) is 11.5. The Bertz CT molecular complexity index is 519. The van der Waals surface area contributed by atoms with Crippen LogP contribution in [0.3, 0.4) is 0 Å². The molecule has 7 N–H and O–H groups in total. The molecule has 0 aliphatic heterocycles. The van der Waals surface area contributed by atoms with Crippen LogP contribution < -0.4 is 22.5 Å². The van der Waals surface area contributed by atoms with E-state index in [0.29, 0.717) is 17.8 Å². The maximum atomic E-state index is 11.6. The molecule has 0 saturated carbocycles. The average molecular weight is 276 g/mol. The first-order valence-electron chi connectivity index (χ1n) is 6.35. The highest BCUT2D eigenvalue weighted by Crippen LogP contribution is 2.18. The normalized spacial score (nSPS) is 10.9. The third-order valence-electron chi connectivity index (χ3n) is 2.37. The Labute approximate surface area is 118 Å². The van der Waals surface area contributed by atoms with Gasteiger partial charge in [-0.3, -0.25) is 4.79 Å². The van der Waals surface area contributed by atoms with Gasteiger partial charge in [0.15, 0.2) is 5.96 Å². The predicted octanol–water partition coefficient (Wildman–Crippen LogP) is 1.03. The summed E-state index contributed by atoms with van der Waals surface area (Å²) in [5.41, 5.74) is 17.2. The summed E-state index contributed by atoms with van der Waals surface area (Å²) in [6.07, 6.45) is 2.34. The third-order valence-corrected chi connectivity index (χ3v) is 2.37. The molecule has 1 rings (SSSR count). The highest BCUT2D eigenvalue weighted by atomic mass is 16.1. The second kappa shape index (κ2) is 7.78. The lowest BCUT2D eigenvalue weighted by Crippen LogP contribution is -2.26. The van der Waals surface area contributed by atoms with Crippen LogP contribution in [0.15, 0.2) is 34.3 Å². The molecule has 0 atom stereocenters. The molecule has 0 aliphatic carbocycles. The van der Waals surface area contributed by atoms with Crippen molar-refractivity contribution in [2.75, 3.05) is 5.32 Å². The van der Waals surface area contributed by atoms with E-state index in [-0.39, 0.29) is 17.8 Å². The van der Waals surface area contributed by atoms with Gasteiger partial charge in [-0.05, 0) is 24.6 Å². The first-order chi connectivity index (χ1) is 9.51. The monoisotopic (exact) mass is 276 g/mol. The number of aliphatic imine (C=N–C) groups is 2. The molecule has 0 bridgehead atoms. The van der Waals surface area contributed by atoms with Crippen LogP contribution in [0.25, 0.3) is 0 Å². The van der Waals surface area contributed by atoms with Crippen molar-refractivity contribution >= 4 is 29.2 Å². The summed E-state index contributed by atoms with van der Waals surface area (Å²) >= 11 is 0. The Morgan fingerprint density at radius 1 is 1.30 bits per heavy atom. The van der Waals surface area contributed by atoms with Crippen LogP contribution in [0, 0.1) is 0 Å². The van der Waals surface area contributed by atoms with Gasteiger partial charge in [0.05, 0.1) is 5.69 Å². The predicted molar refractivity (Wildman–Crippen MR) is 81.7 cm³/mol. The minimum Gasteiger partial charge on any atom is -0.370 e. The fraction of sp³-hybridized carbons (Fsp3) is 0.308. The Morgan fingerprint density at radius 3 is 2.70 bits per heavy atom. The lowest BCUT2D eigenvalue weighted by atomic mass is 10.2. The summed E-state index contributed by atoms with van der Waals surface area (Å²) in [6.45, 7) is 2.04. The first kappa shape index (κ1) is 15.5. The molecule has 0 spiro atoms. The molecule has 7 heteroatoms. The molecule has 1 aromatic carbocycles. The van der Waals surface area contributed by atoms with Crippen LogP contribution in [-0.2, 0) is 4.79 Å². The molecule has 0 radical (unpaired) electrons. The maximum absolute atomic E-state index is 11.6. The number of hydrogen-bond donors (Lipinski definition) is 4. The molecule has 0 fully saturated rings. The highest BCUT2D eigenvalue weighted by molar-refractivity contribution is 5.94. The second-order valence-electron chi connectivity index (χ2n) is 4.21. The molecule has 0 aromatic heterocycles. The number of benzene rings is 1. The molecule has 0 heterocycles. The number of amides is 1. The maximum Gasteiger partial charge on any atom is 0.224 e. The Hall–Kier alpha value is -2.57. The van der Waals surface area contributed by atoms with Crippen molar-refractivity contribution in [3.63, 3.8) is 0 Å². The van der Waals surface area contributed by atoms with E-state index in [0.717, 1.165) is 12.8 Å². The Balaban J connectivity index is 2.76. The van der Waals surface area contributed by atoms with Crippen molar-refractivity contribution in [2.24, 2.45) is 27.2 Å². The van der Waals surface area contributed by atoms with Crippen molar-refractivity contribution in [1.82, 2.24) is 0 Å². The van der Waals surface area contributed by atoms with Crippen LogP contribution in [-0.4, -0.2) is 17.8 Å². The minimum atomic E-state index is -0.157. The van der Waals surface area contributed by atoms with Crippen LogP contribution in [0.2, 0.25) is 0 Å². The van der Waals surface area contributed by atoms with Gasteiger partial charge in [-0.1, -0.05) is 19.4 Å². The van der Waals surface area contributed by atoms with Crippen molar-refractivity contribution < 1.29 is 4.79 Å². The van der Waals surface area contributed by atoms with Crippen LogP contribution >= 0.6 is 0 Å². The molecule has 7 nitrogen and oxygen atoms in total. The van der Waals surface area contributed by atoms with E-state index in [1.165, 1.54) is 0 Å². The summed E-state index contributed by atoms with van der Waals surface area (Å²) in [5, 5.41) is 2.80. The molecule has 1 aromatic rings. The van der Waals surface area contributed by atoms with Crippen molar-refractivity contribution in [3.8, 4) is 0 Å². The smallest absolute Gasteiger partial charge is 0.224 e.